The Balaban J connectivity index is 1.83. The van der Waals surface area contributed by atoms with Crippen molar-refractivity contribution in [3.05, 3.63) is 124 Å². The Morgan fingerprint density at radius 1 is 0.870 bits per heavy atom. The van der Waals surface area contributed by atoms with E-state index < -0.39 is 28.5 Å². The molecule has 4 aromatic carbocycles. The number of para-hydroxylation sites is 2. The number of ether oxygens (including phenoxy) is 1. The lowest BCUT2D eigenvalue weighted by Crippen LogP contribution is -2.53. The molecule has 4 rings (SSSR count). The maximum absolute atomic E-state index is 14.6. The summed E-state index contributed by atoms with van der Waals surface area (Å²) >= 11 is 3.51. The number of rotatable bonds is 15. The lowest BCUT2D eigenvalue weighted by molar-refractivity contribution is -0.140. The Labute approximate surface area is 280 Å². The average Bonchev–Trinajstić information content (AvgIpc) is 3.05. The molecular weight excluding hydrogens is 666 g/mol. The first kappa shape index (κ1) is 34.7. The van der Waals surface area contributed by atoms with Crippen molar-refractivity contribution >= 4 is 43.5 Å². The van der Waals surface area contributed by atoms with Crippen molar-refractivity contribution in [1.29, 1.82) is 0 Å². The van der Waals surface area contributed by atoms with Crippen LogP contribution < -0.4 is 14.4 Å². The first-order chi connectivity index (χ1) is 22.1. The molecule has 0 radical (unpaired) electrons. The third kappa shape index (κ3) is 8.98. The summed E-state index contributed by atoms with van der Waals surface area (Å²) in [5.41, 5.74) is 2.79. The van der Waals surface area contributed by atoms with E-state index in [1.165, 1.54) is 17.0 Å². The van der Waals surface area contributed by atoms with Crippen LogP contribution in [0.4, 0.5) is 5.69 Å². The van der Waals surface area contributed by atoms with Crippen LogP contribution in [-0.4, -0.2) is 50.9 Å². The standard InChI is InChI=1S/C36H40BrN3O5S/c1-4-22-38-36(42)33(24-28-12-7-6-8-13-28)39(25-29-14-11-15-30(37)23-29)35(41)26-40(32-16-9-10-17-34(32)45-5-2)46(43,44)31-20-18-27(3)19-21-31/h6-21,23,33H,4-5,22,24-26H2,1-3H3,(H,38,42)/t33-/m0/s1. The maximum Gasteiger partial charge on any atom is 0.264 e. The zero-order valence-corrected chi connectivity index (χ0v) is 28.8. The molecule has 0 aliphatic rings. The van der Waals surface area contributed by atoms with E-state index in [-0.39, 0.29) is 29.5 Å². The van der Waals surface area contributed by atoms with Crippen LogP contribution in [0.1, 0.15) is 37.0 Å². The van der Waals surface area contributed by atoms with Crippen LogP contribution in [0.15, 0.2) is 112 Å². The topological polar surface area (TPSA) is 96.0 Å². The second-order valence-electron chi connectivity index (χ2n) is 10.9. The molecule has 4 aromatic rings. The van der Waals surface area contributed by atoms with Gasteiger partial charge in [-0.05, 0) is 67.8 Å². The highest BCUT2D eigenvalue weighted by molar-refractivity contribution is 9.10. The number of hydrogen-bond acceptors (Lipinski definition) is 5. The quantitative estimate of drug-likeness (QED) is 0.152. The molecule has 0 unspecified atom stereocenters. The molecule has 0 heterocycles. The molecule has 8 nitrogen and oxygen atoms in total. The fraction of sp³-hybridized carbons (Fsp3) is 0.278. The maximum atomic E-state index is 14.6. The van der Waals surface area contributed by atoms with Gasteiger partial charge in [0.1, 0.15) is 18.3 Å². The molecule has 1 atom stereocenters. The van der Waals surface area contributed by atoms with Crippen LogP contribution >= 0.6 is 15.9 Å². The minimum absolute atomic E-state index is 0.0391. The summed E-state index contributed by atoms with van der Waals surface area (Å²) in [5.74, 6) is -0.514. The fourth-order valence-electron chi connectivity index (χ4n) is 5.04. The molecule has 0 fully saturated rings. The number of hydrogen-bond donors (Lipinski definition) is 1. The Bertz CT molecular complexity index is 1720. The van der Waals surface area contributed by atoms with Gasteiger partial charge in [0.2, 0.25) is 11.8 Å². The van der Waals surface area contributed by atoms with Gasteiger partial charge in [-0.1, -0.05) is 95.1 Å². The molecule has 46 heavy (non-hydrogen) atoms. The van der Waals surface area contributed by atoms with E-state index in [9.17, 15) is 18.0 Å². The van der Waals surface area contributed by atoms with Gasteiger partial charge in [-0.15, -0.1) is 0 Å². The van der Waals surface area contributed by atoms with Crippen molar-refractivity contribution in [2.45, 2.75) is 51.1 Å². The molecule has 0 spiro atoms. The highest BCUT2D eigenvalue weighted by Crippen LogP contribution is 2.33. The van der Waals surface area contributed by atoms with Gasteiger partial charge in [-0.25, -0.2) is 8.42 Å². The van der Waals surface area contributed by atoms with Gasteiger partial charge in [-0.2, -0.15) is 0 Å². The minimum Gasteiger partial charge on any atom is -0.492 e. The van der Waals surface area contributed by atoms with Crippen LogP contribution in [0.2, 0.25) is 0 Å². The van der Waals surface area contributed by atoms with E-state index in [2.05, 4.69) is 21.2 Å². The monoisotopic (exact) mass is 705 g/mol. The Morgan fingerprint density at radius 2 is 1.54 bits per heavy atom. The molecule has 0 aliphatic carbocycles. The summed E-state index contributed by atoms with van der Waals surface area (Å²) in [6.45, 7) is 5.91. The molecule has 0 aromatic heterocycles. The second kappa shape index (κ2) is 16.4. The molecular formula is C36H40BrN3O5S. The number of aryl methyl sites for hydroxylation is 1. The predicted octanol–water partition coefficient (Wildman–Crippen LogP) is 6.52. The number of carbonyl (C=O) groups excluding carboxylic acids is 2. The van der Waals surface area contributed by atoms with Crippen molar-refractivity contribution in [3.8, 4) is 5.75 Å². The summed E-state index contributed by atoms with van der Waals surface area (Å²) in [6.07, 6.45) is 0.969. The summed E-state index contributed by atoms with van der Waals surface area (Å²) < 4.78 is 36.4. The number of nitrogens with zero attached hydrogens (tertiary/aromatic N) is 2. The first-order valence-corrected chi connectivity index (χ1v) is 17.5. The first-order valence-electron chi connectivity index (χ1n) is 15.3. The van der Waals surface area contributed by atoms with Crippen molar-refractivity contribution < 1.29 is 22.7 Å². The van der Waals surface area contributed by atoms with Gasteiger partial charge in [0.25, 0.3) is 10.0 Å². The Hall–Kier alpha value is -4.15. The van der Waals surface area contributed by atoms with Crippen molar-refractivity contribution in [2.24, 2.45) is 0 Å². The van der Waals surface area contributed by atoms with Crippen LogP contribution in [0.25, 0.3) is 0 Å². The zero-order chi connectivity index (χ0) is 33.1. The van der Waals surface area contributed by atoms with Gasteiger partial charge in [-0.3, -0.25) is 13.9 Å². The molecule has 1 N–H and O–H groups in total. The molecule has 242 valence electrons. The number of benzene rings is 4. The molecule has 0 saturated carbocycles. The second-order valence-corrected chi connectivity index (χ2v) is 13.7. The van der Waals surface area contributed by atoms with Crippen molar-refractivity contribution in [3.63, 3.8) is 0 Å². The van der Waals surface area contributed by atoms with E-state index in [4.69, 9.17) is 4.74 Å². The minimum atomic E-state index is -4.24. The van der Waals surface area contributed by atoms with Crippen molar-refractivity contribution in [1.82, 2.24) is 10.2 Å². The van der Waals surface area contributed by atoms with Gasteiger partial charge in [0.15, 0.2) is 0 Å². The molecule has 10 heteroatoms. The summed E-state index contributed by atoms with van der Waals surface area (Å²) in [5, 5.41) is 2.96. The lowest BCUT2D eigenvalue weighted by atomic mass is 10.0. The summed E-state index contributed by atoms with van der Waals surface area (Å²) in [7, 11) is -4.24. The van der Waals surface area contributed by atoms with E-state index >= 15 is 0 Å². The lowest BCUT2D eigenvalue weighted by Gasteiger charge is -2.34. The van der Waals surface area contributed by atoms with Gasteiger partial charge < -0.3 is 15.0 Å². The average molecular weight is 707 g/mol. The van der Waals surface area contributed by atoms with Crippen LogP contribution in [0, 0.1) is 6.92 Å². The van der Waals surface area contributed by atoms with E-state index in [0.29, 0.717) is 18.9 Å². The third-order valence-electron chi connectivity index (χ3n) is 7.38. The highest BCUT2D eigenvalue weighted by Gasteiger charge is 2.35. The smallest absolute Gasteiger partial charge is 0.264 e. The zero-order valence-electron chi connectivity index (χ0n) is 26.4. The summed E-state index contributed by atoms with van der Waals surface area (Å²) in [4.78, 5) is 29.9. The van der Waals surface area contributed by atoms with Crippen LogP contribution in [0.5, 0.6) is 5.75 Å². The van der Waals surface area contributed by atoms with E-state index in [0.717, 1.165) is 31.9 Å². The molecule has 0 saturated heterocycles. The number of nitrogens with one attached hydrogen (secondary N) is 1. The molecule has 2 amide bonds. The predicted molar refractivity (Wildman–Crippen MR) is 185 cm³/mol. The van der Waals surface area contributed by atoms with Gasteiger partial charge in [0.05, 0.1) is 17.2 Å². The number of sulfonamides is 1. The normalized spacial score (nSPS) is 11.8. The van der Waals surface area contributed by atoms with E-state index in [1.54, 1.807) is 36.4 Å². The number of anilines is 1. The molecule has 0 bridgehead atoms. The van der Waals surface area contributed by atoms with Gasteiger partial charge >= 0.3 is 0 Å². The Morgan fingerprint density at radius 3 is 2.22 bits per heavy atom. The molecule has 0 aliphatic heterocycles. The van der Waals surface area contributed by atoms with Gasteiger partial charge in [0, 0.05) is 24.0 Å². The van der Waals surface area contributed by atoms with Crippen LogP contribution in [0.3, 0.4) is 0 Å². The summed E-state index contributed by atoms with van der Waals surface area (Å²) in [6, 6.07) is 29.3. The largest absolute Gasteiger partial charge is 0.492 e. The van der Waals surface area contributed by atoms with E-state index in [1.807, 2.05) is 75.4 Å². The third-order valence-corrected chi connectivity index (χ3v) is 9.65. The SMILES string of the molecule is CCCNC(=O)[C@H](Cc1ccccc1)N(Cc1cccc(Br)c1)C(=O)CN(c1ccccc1OCC)S(=O)(=O)c1ccc(C)cc1. The number of amides is 2. The van der Waals surface area contributed by atoms with Crippen LogP contribution in [-0.2, 0) is 32.6 Å². The highest BCUT2D eigenvalue weighted by atomic mass is 79.9. The van der Waals surface area contributed by atoms with Crippen molar-refractivity contribution in [2.75, 3.05) is 24.0 Å². The number of halogens is 1. The fourth-order valence-corrected chi connectivity index (χ4v) is 6.91. The number of carbonyl (C=O) groups is 2. The Kier molecular flexibility index (Phi) is 12.4.